The molecule has 0 radical (unpaired) electrons. The summed E-state index contributed by atoms with van der Waals surface area (Å²) in [6.45, 7) is 0. The lowest BCUT2D eigenvalue weighted by molar-refractivity contribution is 1.30. The van der Waals surface area contributed by atoms with Crippen LogP contribution in [0.25, 0.3) is 65.7 Å². The quantitative estimate of drug-likeness (QED) is 0.178. The van der Waals surface area contributed by atoms with Crippen molar-refractivity contribution in [2.45, 2.75) is 0 Å². The molecule has 0 spiro atoms. The molecule has 0 heterocycles. The molecule has 49 heavy (non-hydrogen) atoms. The zero-order valence-electron chi connectivity index (χ0n) is 27.0. The summed E-state index contributed by atoms with van der Waals surface area (Å²) in [5, 5.41) is 7.46. The topological polar surface area (TPSA) is 3.24 Å². The Morgan fingerprint density at radius 3 is 1.55 bits per heavy atom. The van der Waals surface area contributed by atoms with Crippen molar-refractivity contribution in [3.8, 4) is 33.4 Å². The van der Waals surface area contributed by atoms with Gasteiger partial charge >= 0.3 is 0 Å². The first-order chi connectivity index (χ1) is 24.3. The van der Waals surface area contributed by atoms with E-state index >= 15 is 0 Å². The van der Waals surface area contributed by atoms with Gasteiger partial charge in [-0.1, -0.05) is 164 Å². The fraction of sp³-hybridized carbons (Fsp3) is 0. The smallest absolute Gasteiger partial charge is 0.0540 e. The van der Waals surface area contributed by atoms with Crippen LogP contribution in [-0.4, -0.2) is 0 Å². The van der Waals surface area contributed by atoms with Gasteiger partial charge in [-0.25, -0.2) is 0 Å². The summed E-state index contributed by atoms with van der Waals surface area (Å²) >= 11 is 0. The van der Waals surface area contributed by atoms with Crippen LogP contribution in [0.2, 0.25) is 0 Å². The fourth-order valence-corrected chi connectivity index (χ4v) is 7.22. The van der Waals surface area contributed by atoms with Crippen LogP contribution in [-0.2, 0) is 0 Å². The zero-order chi connectivity index (χ0) is 32.6. The maximum Gasteiger partial charge on any atom is 0.0540 e. The Labute approximate surface area is 287 Å². The zero-order valence-corrected chi connectivity index (χ0v) is 27.0. The molecule has 0 saturated heterocycles. The summed E-state index contributed by atoms with van der Waals surface area (Å²) < 4.78 is 0. The fourth-order valence-electron chi connectivity index (χ4n) is 7.22. The molecule has 1 nitrogen and oxygen atoms in total. The molecule has 0 aromatic heterocycles. The molecule has 230 valence electrons. The van der Waals surface area contributed by atoms with E-state index < -0.39 is 0 Å². The van der Waals surface area contributed by atoms with Crippen molar-refractivity contribution in [2.24, 2.45) is 0 Å². The van der Waals surface area contributed by atoms with Gasteiger partial charge in [-0.2, -0.15) is 0 Å². The number of hydrogen-bond donors (Lipinski definition) is 0. The monoisotopic (exact) mass is 623 g/mol. The van der Waals surface area contributed by atoms with Crippen LogP contribution >= 0.6 is 0 Å². The second-order valence-electron chi connectivity index (χ2n) is 12.6. The Bertz CT molecular complexity index is 2580. The molecular weight excluding hydrogens is 591 g/mol. The minimum atomic E-state index is 1.11. The van der Waals surface area contributed by atoms with Crippen LogP contribution in [0.15, 0.2) is 200 Å². The molecule has 9 aromatic carbocycles. The molecule has 0 fully saturated rings. The third-order valence-electron chi connectivity index (χ3n) is 9.64. The number of benzene rings is 9. The van der Waals surface area contributed by atoms with Crippen molar-refractivity contribution >= 4 is 49.4 Å². The molecule has 0 aliphatic rings. The molecule has 0 amide bonds. The number of anilines is 3. The first kappa shape index (κ1) is 28.8. The van der Waals surface area contributed by atoms with E-state index in [0.29, 0.717) is 0 Å². The third kappa shape index (κ3) is 5.32. The summed E-state index contributed by atoms with van der Waals surface area (Å²) in [6.07, 6.45) is 0. The first-order valence-electron chi connectivity index (χ1n) is 16.8. The first-order valence-corrected chi connectivity index (χ1v) is 16.8. The highest BCUT2D eigenvalue weighted by Crippen LogP contribution is 2.42. The van der Waals surface area contributed by atoms with Gasteiger partial charge in [0.05, 0.1) is 5.69 Å². The predicted octanol–water partition coefficient (Wildman–Crippen LogP) is 13.6. The lowest BCUT2D eigenvalue weighted by Gasteiger charge is -2.27. The van der Waals surface area contributed by atoms with Gasteiger partial charge in [-0.15, -0.1) is 0 Å². The minimum Gasteiger partial charge on any atom is -0.310 e. The molecule has 0 aliphatic heterocycles. The van der Waals surface area contributed by atoms with Crippen molar-refractivity contribution in [3.05, 3.63) is 200 Å². The largest absolute Gasteiger partial charge is 0.310 e. The number of nitrogens with zero attached hydrogens (tertiary/aromatic N) is 1. The lowest BCUT2D eigenvalue weighted by atomic mass is 9.90. The van der Waals surface area contributed by atoms with Gasteiger partial charge in [-0.3, -0.25) is 0 Å². The standard InChI is InChI=1S/C48H33N/c1-2-14-39(15-3-1)48-45-19-9-7-13-37(45)27-32-46(48)38-25-30-43(31-26-38)49(47-20-10-17-36-12-6-8-18-44(36)47)42-28-23-35(24-29-42)41-22-21-34-11-4-5-16-40(34)33-41/h1-33H. The highest BCUT2D eigenvalue weighted by Gasteiger charge is 2.17. The summed E-state index contributed by atoms with van der Waals surface area (Å²) in [5.74, 6) is 0. The van der Waals surface area contributed by atoms with Gasteiger partial charge in [0.2, 0.25) is 0 Å². The van der Waals surface area contributed by atoms with Crippen molar-refractivity contribution in [2.75, 3.05) is 4.90 Å². The molecule has 9 rings (SSSR count). The Morgan fingerprint density at radius 2 is 0.816 bits per heavy atom. The van der Waals surface area contributed by atoms with E-state index in [4.69, 9.17) is 0 Å². The van der Waals surface area contributed by atoms with Gasteiger partial charge in [0.25, 0.3) is 0 Å². The highest BCUT2D eigenvalue weighted by molar-refractivity contribution is 6.04. The van der Waals surface area contributed by atoms with E-state index in [0.717, 1.165) is 17.1 Å². The van der Waals surface area contributed by atoms with E-state index in [1.807, 2.05) is 0 Å². The van der Waals surface area contributed by atoms with Crippen LogP contribution in [0.3, 0.4) is 0 Å². The SMILES string of the molecule is c1ccc(-c2c(-c3ccc(N(c4ccc(-c5ccc6ccccc6c5)cc4)c4cccc5ccccc45)cc3)ccc3ccccc23)cc1. The van der Waals surface area contributed by atoms with Gasteiger partial charge in [0.15, 0.2) is 0 Å². The van der Waals surface area contributed by atoms with Crippen molar-refractivity contribution in [1.82, 2.24) is 0 Å². The second-order valence-corrected chi connectivity index (χ2v) is 12.6. The Balaban J connectivity index is 1.16. The Morgan fingerprint density at radius 1 is 0.286 bits per heavy atom. The van der Waals surface area contributed by atoms with E-state index in [1.54, 1.807) is 0 Å². The second kappa shape index (κ2) is 12.3. The van der Waals surface area contributed by atoms with Gasteiger partial charge in [0, 0.05) is 16.8 Å². The van der Waals surface area contributed by atoms with Crippen LogP contribution in [0.5, 0.6) is 0 Å². The maximum absolute atomic E-state index is 2.38. The normalized spacial score (nSPS) is 11.3. The maximum atomic E-state index is 2.38. The van der Waals surface area contributed by atoms with Crippen LogP contribution < -0.4 is 4.90 Å². The third-order valence-corrected chi connectivity index (χ3v) is 9.64. The lowest BCUT2D eigenvalue weighted by Crippen LogP contribution is -2.10. The number of rotatable bonds is 6. The molecule has 9 aromatic rings. The van der Waals surface area contributed by atoms with E-state index in [1.165, 1.54) is 65.7 Å². The van der Waals surface area contributed by atoms with E-state index in [2.05, 4.69) is 205 Å². The average Bonchev–Trinajstić information content (AvgIpc) is 3.18. The summed E-state index contributed by atoms with van der Waals surface area (Å²) in [7, 11) is 0. The van der Waals surface area contributed by atoms with Crippen LogP contribution in [0.4, 0.5) is 17.1 Å². The van der Waals surface area contributed by atoms with Gasteiger partial charge in [-0.05, 0) is 96.7 Å². The average molecular weight is 624 g/mol. The summed E-state index contributed by atoms with van der Waals surface area (Å²) in [5.41, 5.74) is 10.7. The Kier molecular flexibility index (Phi) is 7.22. The van der Waals surface area contributed by atoms with Crippen molar-refractivity contribution in [3.63, 3.8) is 0 Å². The van der Waals surface area contributed by atoms with Gasteiger partial charge in [0.1, 0.15) is 0 Å². The number of fused-ring (bicyclic) bond motifs is 3. The van der Waals surface area contributed by atoms with E-state index in [9.17, 15) is 0 Å². The molecule has 0 aliphatic carbocycles. The summed E-state index contributed by atoms with van der Waals surface area (Å²) in [4.78, 5) is 2.38. The molecule has 1 heteroatoms. The predicted molar refractivity (Wildman–Crippen MR) is 210 cm³/mol. The minimum absolute atomic E-state index is 1.11. The highest BCUT2D eigenvalue weighted by atomic mass is 15.1. The number of hydrogen-bond acceptors (Lipinski definition) is 1. The van der Waals surface area contributed by atoms with Crippen LogP contribution in [0, 0.1) is 0 Å². The molecule has 0 bridgehead atoms. The van der Waals surface area contributed by atoms with Crippen LogP contribution in [0.1, 0.15) is 0 Å². The van der Waals surface area contributed by atoms with Crippen molar-refractivity contribution < 1.29 is 0 Å². The molecule has 0 unspecified atom stereocenters. The van der Waals surface area contributed by atoms with Crippen molar-refractivity contribution in [1.29, 1.82) is 0 Å². The summed E-state index contributed by atoms with van der Waals surface area (Å²) in [6, 6.07) is 72.4. The molecule has 0 atom stereocenters. The molecule has 0 N–H and O–H groups in total. The van der Waals surface area contributed by atoms with Gasteiger partial charge < -0.3 is 4.90 Å². The van der Waals surface area contributed by atoms with E-state index in [-0.39, 0.29) is 0 Å². The molecule has 0 saturated carbocycles. The Hall–Kier alpha value is -6.44. The molecular formula is C48H33N.